The monoisotopic (exact) mass is 660 g/mol. The number of carbonyl (C=O) groups is 1. The fraction of sp³-hybridized carbons (Fsp3) is 0.0857. The van der Waals surface area contributed by atoms with E-state index >= 15 is 0 Å². The molecule has 1 N–H and O–H groups in total. The van der Waals surface area contributed by atoms with Gasteiger partial charge in [-0.1, -0.05) is 48.0 Å². The lowest BCUT2D eigenvalue weighted by atomic mass is 9.92. The molecule has 0 atom stereocenters. The zero-order valence-electron chi connectivity index (χ0n) is 24.3. The van der Waals surface area contributed by atoms with Crippen molar-refractivity contribution in [3.05, 3.63) is 130 Å². The topological polar surface area (TPSA) is 89.3 Å². The summed E-state index contributed by atoms with van der Waals surface area (Å²) in [5.74, 6) is -1.72. The summed E-state index contributed by atoms with van der Waals surface area (Å²) in [6.07, 6.45) is 0.477. The number of halogens is 4. The first-order chi connectivity index (χ1) is 21.9. The summed E-state index contributed by atoms with van der Waals surface area (Å²) < 4.78 is 71.8. The number of carboxylic acid groups (broad SMARTS) is 1. The number of benzene rings is 4. The van der Waals surface area contributed by atoms with E-state index in [2.05, 4.69) is 4.98 Å². The number of aromatic nitrogens is 2. The summed E-state index contributed by atoms with van der Waals surface area (Å²) in [7, 11) is -4.47. The summed E-state index contributed by atoms with van der Waals surface area (Å²) in [4.78, 5) is 15.5. The zero-order chi connectivity index (χ0) is 32.9. The lowest BCUT2D eigenvalue weighted by molar-refractivity contribution is 0.0697. The number of alkyl halides is 2. The van der Waals surface area contributed by atoms with Gasteiger partial charge in [-0.2, -0.15) is 0 Å². The Morgan fingerprint density at radius 3 is 2.17 bits per heavy atom. The van der Waals surface area contributed by atoms with Gasteiger partial charge in [-0.3, -0.25) is 4.98 Å². The average Bonchev–Trinajstić information content (AvgIpc) is 3.35. The molecular weight excluding hydrogens is 637 g/mol. The molecule has 232 valence electrons. The highest BCUT2D eigenvalue weighted by Gasteiger charge is 2.30. The molecule has 0 aliphatic rings. The molecule has 46 heavy (non-hydrogen) atoms. The number of aryl methyl sites for hydroxylation is 2. The Balaban J connectivity index is 1.72. The van der Waals surface area contributed by atoms with Gasteiger partial charge >= 0.3 is 5.97 Å². The van der Waals surface area contributed by atoms with E-state index < -0.39 is 28.2 Å². The normalized spacial score (nSPS) is 11.8. The highest BCUT2D eigenvalue weighted by Crippen LogP contribution is 2.46. The van der Waals surface area contributed by atoms with Gasteiger partial charge in [0.25, 0.3) is 16.4 Å². The summed E-state index contributed by atoms with van der Waals surface area (Å²) in [6.45, 7) is 3.64. The van der Waals surface area contributed by atoms with Crippen LogP contribution in [-0.4, -0.2) is 28.5 Å². The highest BCUT2D eigenvalue weighted by atomic mass is 35.5. The molecule has 0 saturated carbocycles. The van der Waals surface area contributed by atoms with Gasteiger partial charge in [0, 0.05) is 45.1 Å². The number of hydrogen-bond acceptors (Lipinski definition) is 4. The Morgan fingerprint density at radius 1 is 0.870 bits per heavy atom. The molecule has 0 unspecified atom stereocenters. The third kappa shape index (κ3) is 5.33. The molecule has 6 rings (SSSR count). The number of hydrogen-bond donors (Lipinski definition) is 1. The van der Waals surface area contributed by atoms with Crippen LogP contribution in [0.1, 0.15) is 33.5 Å². The molecule has 4 aromatic carbocycles. The van der Waals surface area contributed by atoms with Crippen molar-refractivity contribution in [2.24, 2.45) is 0 Å². The SMILES string of the molecule is Cc1cncc(C)c1-c1c(-c2cccc(-c3ccc(C(=O)O)cc3Cl)c2)n(S(=O)(=O)c2ccc(C(F)F)cc2)c2ccc(F)cc12. The van der Waals surface area contributed by atoms with Gasteiger partial charge in [0.05, 0.1) is 21.7 Å². The molecule has 6 nitrogen and oxygen atoms in total. The minimum atomic E-state index is -4.47. The van der Waals surface area contributed by atoms with Gasteiger partial charge in [0.1, 0.15) is 5.82 Å². The predicted octanol–water partition coefficient (Wildman–Crippen LogP) is 9.32. The quantitative estimate of drug-likeness (QED) is 0.184. The minimum Gasteiger partial charge on any atom is -0.478 e. The molecule has 0 spiro atoms. The Bertz CT molecular complexity index is 2260. The number of carboxylic acids is 1. The van der Waals surface area contributed by atoms with Crippen molar-refractivity contribution < 1.29 is 31.5 Å². The molecule has 0 amide bonds. The van der Waals surface area contributed by atoms with E-state index in [0.717, 1.165) is 34.3 Å². The lowest BCUT2D eigenvalue weighted by Gasteiger charge is -2.17. The average molecular weight is 661 g/mol. The Hall–Kier alpha value is -4.93. The number of fused-ring (bicyclic) bond motifs is 1. The van der Waals surface area contributed by atoms with Crippen molar-refractivity contribution in [3.63, 3.8) is 0 Å². The van der Waals surface area contributed by atoms with E-state index in [-0.39, 0.29) is 32.3 Å². The third-order valence-corrected chi connectivity index (χ3v) is 9.84. The number of pyridine rings is 1. The largest absolute Gasteiger partial charge is 0.478 e. The van der Waals surface area contributed by atoms with E-state index in [9.17, 15) is 31.5 Å². The Kier molecular flexibility index (Phi) is 7.95. The second-order valence-electron chi connectivity index (χ2n) is 10.8. The van der Waals surface area contributed by atoms with Gasteiger partial charge in [-0.25, -0.2) is 30.4 Å². The van der Waals surface area contributed by atoms with Crippen molar-refractivity contribution in [2.75, 3.05) is 0 Å². The predicted molar refractivity (Wildman–Crippen MR) is 171 cm³/mol. The van der Waals surface area contributed by atoms with Crippen molar-refractivity contribution in [1.29, 1.82) is 0 Å². The summed E-state index contributed by atoms with van der Waals surface area (Å²) >= 11 is 6.51. The maximum Gasteiger partial charge on any atom is 0.335 e. The van der Waals surface area contributed by atoms with Crippen LogP contribution in [0.4, 0.5) is 13.2 Å². The highest BCUT2D eigenvalue weighted by molar-refractivity contribution is 7.90. The number of aromatic carboxylic acids is 1. The van der Waals surface area contributed by atoms with Crippen LogP contribution in [-0.2, 0) is 10.0 Å². The fourth-order valence-electron chi connectivity index (χ4n) is 5.70. The Labute approximate surface area is 267 Å². The van der Waals surface area contributed by atoms with Crippen LogP contribution in [0.3, 0.4) is 0 Å². The van der Waals surface area contributed by atoms with Crippen molar-refractivity contribution in [2.45, 2.75) is 25.2 Å². The molecule has 0 fully saturated rings. The molecule has 11 heteroatoms. The van der Waals surface area contributed by atoms with Crippen LogP contribution >= 0.6 is 11.6 Å². The van der Waals surface area contributed by atoms with E-state index in [1.54, 1.807) is 42.7 Å². The van der Waals surface area contributed by atoms with E-state index in [1.165, 1.54) is 24.3 Å². The molecule has 2 heterocycles. The maximum absolute atomic E-state index is 14.9. The van der Waals surface area contributed by atoms with E-state index in [0.29, 0.717) is 44.3 Å². The number of nitrogens with zero attached hydrogens (tertiary/aromatic N) is 2. The first-order valence-corrected chi connectivity index (χ1v) is 15.7. The second-order valence-corrected chi connectivity index (χ2v) is 12.9. The zero-order valence-corrected chi connectivity index (χ0v) is 25.9. The molecule has 0 radical (unpaired) electrons. The van der Waals surface area contributed by atoms with E-state index in [1.807, 2.05) is 13.8 Å². The molecule has 0 bridgehead atoms. The molecule has 0 aliphatic carbocycles. The van der Waals surface area contributed by atoms with Gasteiger partial charge < -0.3 is 5.11 Å². The van der Waals surface area contributed by atoms with Crippen molar-refractivity contribution in [1.82, 2.24) is 8.96 Å². The van der Waals surface area contributed by atoms with Gasteiger partial charge in [0.15, 0.2) is 0 Å². The standard InChI is InChI=1S/C35H24ClF3N2O4S/c1-19-17-40-18-20(2)31(19)32-28-16-25(37)9-13-30(28)41(46(44,45)26-10-6-21(7-11-26)34(38)39)33(32)23-5-3-4-22(14-23)27-12-8-24(35(42)43)15-29(27)36/h3-18,34H,1-2H3,(H,42,43). The Morgan fingerprint density at radius 2 is 1.54 bits per heavy atom. The minimum absolute atomic E-state index is 0.00179. The summed E-state index contributed by atoms with van der Waals surface area (Å²) in [6, 6.07) is 19.3. The van der Waals surface area contributed by atoms with Crippen LogP contribution in [0.15, 0.2) is 102 Å². The first kappa shape index (κ1) is 31.1. The van der Waals surface area contributed by atoms with Gasteiger partial charge in [0.2, 0.25) is 0 Å². The van der Waals surface area contributed by atoms with Crippen molar-refractivity contribution in [3.8, 4) is 33.5 Å². The van der Waals surface area contributed by atoms with Crippen LogP contribution in [0.2, 0.25) is 5.02 Å². The van der Waals surface area contributed by atoms with Gasteiger partial charge in [-0.15, -0.1) is 0 Å². The van der Waals surface area contributed by atoms with Crippen LogP contribution < -0.4 is 0 Å². The summed E-state index contributed by atoms with van der Waals surface area (Å²) in [5.41, 5.74) is 4.05. The van der Waals surface area contributed by atoms with Crippen LogP contribution in [0, 0.1) is 19.7 Å². The number of rotatable bonds is 7. The molecule has 2 aromatic heterocycles. The smallest absolute Gasteiger partial charge is 0.335 e. The fourth-order valence-corrected chi connectivity index (χ4v) is 7.54. The lowest BCUT2D eigenvalue weighted by Crippen LogP contribution is -2.14. The summed E-state index contributed by atoms with van der Waals surface area (Å²) in [5, 5.41) is 9.88. The molecule has 6 aromatic rings. The first-order valence-electron chi connectivity index (χ1n) is 13.9. The van der Waals surface area contributed by atoms with Crippen LogP contribution in [0.25, 0.3) is 44.4 Å². The molecule has 0 saturated heterocycles. The van der Waals surface area contributed by atoms with E-state index in [4.69, 9.17) is 11.6 Å². The van der Waals surface area contributed by atoms with Gasteiger partial charge in [-0.05, 0) is 84.6 Å². The molecule has 0 aliphatic heterocycles. The van der Waals surface area contributed by atoms with Crippen LogP contribution in [0.5, 0.6) is 0 Å². The third-order valence-electron chi connectivity index (χ3n) is 7.80. The maximum atomic E-state index is 14.9. The van der Waals surface area contributed by atoms with Crippen molar-refractivity contribution >= 4 is 38.5 Å². The second kappa shape index (κ2) is 11.8. The molecular formula is C35H24ClF3N2O4S.